The molecule has 0 unspecified atom stereocenters. The topological polar surface area (TPSA) is 121 Å². The third-order valence-corrected chi connectivity index (χ3v) is 15.1. The molecule has 0 spiro atoms. The Morgan fingerprint density at radius 3 is 0.873 bits per heavy atom. The zero-order valence-electron chi connectivity index (χ0n) is 39.0. The van der Waals surface area contributed by atoms with Crippen LogP contribution in [0.3, 0.4) is 0 Å². The van der Waals surface area contributed by atoms with Crippen molar-refractivity contribution in [3.63, 3.8) is 0 Å². The normalized spacial score (nSPS) is 12.7. The lowest BCUT2D eigenvalue weighted by molar-refractivity contribution is 0.357. The average Bonchev–Trinajstić information content (AvgIpc) is 3.26. The lowest BCUT2D eigenvalue weighted by Gasteiger charge is -2.37. The van der Waals surface area contributed by atoms with E-state index in [-0.39, 0.29) is 34.5 Å². The van der Waals surface area contributed by atoms with Crippen molar-refractivity contribution in [2.24, 2.45) is 0 Å². The highest BCUT2D eigenvalue weighted by Gasteiger charge is 2.37. The molecule has 0 aliphatic heterocycles. The number of rotatable bonds is 16. The lowest BCUT2D eigenvalue weighted by Crippen LogP contribution is -2.30. The van der Waals surface area contributed by atoms with E-state index in [2.05, 4.69) is 93.5 Å². The number of hydrogen-bond donors (Lipinski definition) is 6. The molecule has 0 bridgehead atoms. The monoisotopic (exact) mass is 849 g/mol. The highest BCUT2D eigenvalue weighted by molar-refractivity contribution is 5.53. The van der Waals surface area contributed by atoms with E-state index in [1.165, 1.54) is 0 Å². The number of phenolic OH excluding ortho intramolecular Hbond substituents is 6. The van der Waals surface area contributed by atoms with Crippen LogP contribution in [0.2, 0.25) is 0 Å². The molecule has 0 aromatic heterocycles. The van der Waals surface area contributed by atoms with Crippen LogP contribution in [0.15, 0.2) is 121 Å². The second-order valence-electron chi connectivity index (χ2n) is 19.4. The Kier molecular flexibility index (Phi) is 13.1. The summed E-state index contributed by atoms with van der Waals surface area (Å²) in [6, 6.07) is 38.0. The molecule has 0 aliphatic carbocycles. The van der Waals surface area contributed by atoms with Crippen molar-refractivity contribution in [3.8, 4) is 34.5 Å². The molecule has 6 rings (SSSR count). The molecule has 6 heteroatoms. The Bertz CT molecular complexity index is 2540. The van der Waals surface area contributed by atoms with Crippen molar-refractivity contribution in [2.45, 2.75) is 135 Å². The Hall–Kier alpha value is -5.88. The van der Waals surface area contributed by atoms with E-state index in [1.54, 1.807) is 48.5 Å². The van der Waals surface area contributed by atoms with Gasteiger partial charge in [-0.1, -0.05) is 142 Å². The first-order valence-corrected chi connectivity index (χ1v) is 22.6. The molecule has 332 valence electrons. The first-order chi connectivity index (χ1) is 29.7. The van der Waals surface area contributed by atoms with Crippen LogP contribution in [0.1, 0.15) is 151 Å². The molecule has 0 amide bonds. The summed E-state index contributed by atoms with van der Waals surface area (Å²) in [6.07, 6.45) is 3.95. The molecule has 6 aromatic carbocycles. The van der Waals surface area contributed by atoms with Gasteiger partial charge in [0.15, 0.2) is 0 Å². The Morgan fingerprint density at radius 1 is 0.317 bits per heavy atom. The summed E-state index contributed by atoms with van der Waals surface area (Å²) in [7, 11) is 0. The predicted octanol–water partition coefficient (Wildman–Crippen LogP) is 13.5. The van der Waals surface area contributed by atoms with Gasteiger partial charge in [0, 0.05) is 38.2 Å². The Morgan fingerprint density at radius 2 is 0.571 bits per heavy atom. The standard InChI is InChI=1S/C57H68O6/c1-11-56(12-2,47-33-43(21-29-51(47)62)54(7,8)40-17-25-46(59)26-18-40)36-38-32-42(20-28-50(38)61)55(9,10)44-22-30-52(63)48(34-44)57(13-3,14-4)35-37-31-41(19-27-49(37)60)53(5,6)39-15-23-45(58)24-16-39/h15-34,58-63H,11-14,35-36H2,1-10H3. The van der Waals surface area contributed by atoms with Gasteiger partial charge in [-0.3, -0.25) is 0 Å². The smallest absolute Gasteiger partial charge is 0.119 e. The van der Waals surface area contributed by atoms with E-state index in [4.69, 9.17) is 0 Å². The van der Waals surface area contributed by atoms with E-state index in [1.807, 2.05) is 48.5 Å². The molecule has 6 N–H and O–H groups in total. The molecule has 6 aromatic rings. The molecular formula is C57H68O6. The highest BCUT2D eigenvalue weighted by atomic mass is 16.3. The molecule has 0 atom stereocenters. The van der Waals surface area contributed by atoms with E-state index < -0.39 is 27.1 Å². The van der Waals surface area contributed by atoms with Crippen LogP contribution in [-0.2, 0) is 39.9 Å². The molecule has 6 nitrogen and oxygen atoms in total. The van der Waals surface area contributed by atoms with Crippen LogP contribution in [-0.4, -0.2) is 30.6 Å². The van der Waals surface area contributed by atoms with Gasteiger partial charge in [-0.2, -0.15) is 0 Å². The second kappa shape index (κ2) is 17.7. The molecular weight excluding hydrogens is 781 g/mol. The maximum absolute atomic E-state index is 11.7. The fourth-order valence-corrected chi connectivity index (χ4v) is 9.87. The van der Waals surface area contributed by atoms with Crippen LogP contribution in [0, 0.1) is 0 Å². The Labute approximate surface area is 375 Å². The van der Waals surface area contributed by atoms with Crippen LogP contribution in [0.5, 0.6) is 34.5 Å². The summed E-state index contributed by atoms with van der Waals surface area (Å²) in [4.78, 5) is 0. The lowest BCUT2D eigenvalue weighted by atomic mass is 9.67. The van der Waals surface area contributed by atoms with E-state index >= 15 is 0 Å². The fraction of sp³-hybridized carbons (Fsp3) is 0.368. The molecule has 63 heavy (non-hydrogen) atoms. The van der Waals surface area contributed by atoms with Crippen LogP contribution in [0.25, 0.3) is 0 Å². The number of phenols is 6. The number of aromatic hydroxyl groups is 6. The van der Waals surface area contributed by atoms with E-state index in [0.717, 1.165) is 81.3 Å². The van der Waals surface area contributed by atoms with Gasteiger partial charge < -0.3 is 30.6 Å². The minimum absolute atomic E-state index is 0.207. The summed E-state index contributed by atoms with van der Waals surface area (Å²) in [5, 5.41) is 65.9. The summed E-state index contributed by atoms with van der Waals surface area (Å²) < 4.78 is 0. The maximum atomic E-state index is 11.7. The zero-order valence-corrected chi connectivity index (χ0v) is 39.0. The van der Waals surface area contributed by atoms with E-state index in [0.29, 0.717) is 12.8 Å². The van der Waals surface area contributed by atoms with Gasteiger partial charge in [0.2, 0.25) is 0 Å². The molecule has 0 radical (unpaired) electrons. The van der Waals surface area contributed by atoms with Crippen molar-refractivity contribution in [2.75, 3.05) is 0 Å². The summed E-state index contributed by atoms with van der Waals surface area (Å²) >= 11 is 0. The van der Waals surface area contributed by atoms with Gasteiger partial charge in [-0.15, -0.1) is 0 Å². The van der Waals surface area contributed by atoms with Gasteiger partial charge >= 0.3 is 0 Å². The quantitative estimate of drug-likeness (QED) is 0.0577. The second-order valence-corrected chi connectivity index (χ2v) is 19.4. The summed E-state index contributed by atoms with van der Waals surface area (Å²) in [6.45, 7) is 21.5. The largest absolute Gasteiger partial charge is 0.508 e. The highest BCUT2D eigenvalue weighted by Crippen LogP contribution is 2.48. The SMILES string of the molecule is CCC(CC)(Cc1cc(C(C)(C)c2ccc(O)c(C(CC)(CC)Cc3cc(C(C)(C)c4ccc(O)cc4)ccc3O)c2)ccc1O)c1cc(C(C)(C)c2ccc(O)cc2)ccc1O. The van der Waals surface area contributed by atoms with Crippen molar-refractivity contribution in [3.05, 3.63) is 177 Å². The minimum Gasteiger partial charge on any atom is -0.508 e. The third kappa shape index (κ3) is 8.87. The average molecular weight is 849 g/mol. The zero-order chi connectivity index (χ0) is 46.1. The maximum Gasteiger partial charge on any atom is 0.119 e. The third-order valence-electron chi connectivity index (χ3n) is 15.1. The first kappa shape index (κ1) is 46.6. The van der Waals surface area contributed by atoms with Crippen LogP contribution >= 0.6 is 0 Å². The van der Waals surface area contributed by atoms with Crippen molar-refractivity contribution >= 4 is 0 Å². The Balaban J connectivity index is 1.36. The van der Waals surface area contributed by atoms with Crippen molar-refractivity contribution < 1.29 is 30.6 Å². The first-order valence-electron chi connectivity index (χ1n) is 22.6. The van der Waals surface area contributed by atoms with Crippen molar-refractivity contribution in [1.82, 2.24) is 0 Å². The van der Waals surface area contributed by atoms with E-state index in [9.17, 15) is 30.6 Å². The van der Waals surface area contributed by atoms with Gasteiger partial charge in [-0.25, -0.2) is 0 Å². The minimum atomic E-state index is -0.536. The van der Waals surface area contributed by atoms with Crippen molar-refractivity contribution in [1.29, 1.82) is 0 Å². The fourth-order valence-electron chi connectivity index (χ4n) is 9.87. The molecule has 0 saturated heterocycles. The number of benzene rings is 6. The predicted molar refractivity (Wildman–Crippen MR) is 257 cm³/mol. The molecule has 0 fully saturated rings. The van der Waals surface area contributed by atoms with Gasteiger partial charge in [0.05, 0.1) is 0 Å². The molecule has 0 heterocycles. The van der Waals surface area contributed by atoms with Gasteiger partial charge in [-0.05, 0) is 132 Å². The van der Waals surface area contributed by atoms with Gasteiger partial charge in [0.25, 0.3) is 0 Å². The summed E-state index contributed by atoms with van der Waals surface area (Å²) in [5.74, 6) is 1.31. The van der Waals surface area contributed by atoms with Crippen LogP contribution < -0.4 is 0 Å². The summed E-state index contributed by atoms with van der Waals surface area (Å²) in [5.41, 5.74) is 7.20. The van der Waals surface area contributed by atoms with Gasteiger partial charge in [0.1, 0.15) is 34.5 Å². The molecule has 0 aliphatic rings. The molecule has 0 saturated carbocycles. The van der Waals surface area contributed by atoms with Crippen LogP contribution in [0.4, 0.5) is 0 Å². The number of hydrogen-bond acceptors (Lipinski definition) is 6.